The summed E-state index contributed by atoms with van der Waals surface area (Å²) < 4.78 is 0. The number of rotatable bonds is 2. The third-order valence-corrected chi connectivity index (χ3v) is 2.37. The van der Waals surface area contributed by atoms with Crippen molar-refractivity contribution in [2.24, 2.45) is 0 Å². The minimum absolute atomic E-state index is 0.238. The molecule has 0 aromatic carbocycles. The average Bonchev–Trinajstić information content (AvgIpc) is 2.84. The molecule has 3 aromatic heterocycles. The molecule has 0 fully saturated rings. The molecule has 3 aromatic rings. The van der Waals surface area contributed by atoms with Crippen LogP contribution in [-0.4, -0.2) is 31.1 Å². The Morgan fingerprint density at radius 2 is 2.06 bits per heavy atom. The molecule has 88 valence electrons. The van der Waals surface area contributed by atoms with Crippen molar-refractivity contribution in [2.75, 3.05) is 5.32 Å². The number of nitrogens with one attached hydrogen (secondary N) is 2. The molecule has 7 nitrogen and oxygen atoms in total. The van der Waals surface area contributed by atoms with Gasteiger partial charge in [-0.15, -0.1) is 0 Å². The summed E-state index contributed by atoms with van der Waals surface area (Å²) in [5.74, 6) is -0.136. The van der Waals surface area contributed by atoms with E-state index in [0.29, 0.717) is 5.39 Å². The summed E-state index contributed by atoms with van der Waals surface area (Å²) in [6.45, 7) is 0. The molecular weight excluding hydrogens is 232 g/mol. The van der Waals surface area contributed by atoms with E-state index in [4.69, 9.17) is 0 Å². The lowest BCUT2D eigenvalue weighted by atomic mass is 10.2. The molecular formula is C11H8N6O. The molecule has 0 atom stereocenters. The molecule has 0 unspecified atom stereocenters. The summed E-state index contributed by atoms with van der Waals surface area (Å²) in [7, 11) is 0. The Balaban J connectivity index is 1.93. The van der Waals surface area contributed by atoms with Crippen LogP contribution in [0.2, 0.25) is 0 Å². The van der Waals surface area contributed by atoms with Gasteiger partial charge in [0.05, 0.1) is 10.9 Å². The molecule has 3 rings (SSSR count). The zero-order valence-electron chi connectivity index (χ0n) is 9.16. The second-order valence-electron chi connectivity index (χ2n) is 3.52. The van der Waals surface area contributed by atoms with Gasteiger partial charge in [0.15, 0.2) is 5.69 Å². The second kappa shape index (κ2) is 4.21. The number of aromatic amines is 1. The van der Waals surface area contributed by atoms with E-state index < -0.39 is 0 Å². The van der Waals surface area contributed by atoms with Crippen LogP contribution in [0.4, 0.5) is 5.95 Å². The van der Waals surface area contributed by atoms with Gasteiger partial charge < -0.3 is 0 Å². The Kier molecular flexibility index (Phi) is 2.41. The van der Waals surface area contributed by atoms with Crippen molar-refractivity contribution in [1.29, 1.82) is 0 Å². The maximum atomic E-state index is 12.0. The van der Waals surface area contributed by atoms with E-state index in [0.717, 1.165) is 5.52 Å². The number of pyridine rings is 1. The first-order chi connectivity index (χ1) is 8.84. The first-order valence-electron chi connectivity index (χ1n) is 5.21. The minimum Gasteiger partial charge on any atom is -0.289 e. The van der Waals surface area contributed by atoms with Crippen molar-refractivity contribution in [1.82, 2.24) is 25.1 Å². The van der Waals surface area contributed by atoms with Gasteiger partial charge in [0, 0.05) is 24.8 Å². The lowest BCUT2D eigenvalue weighted by molar-refractivity contribution is 0.102. The Morgan fingerprint density at radius 3 is 2.89 bits per heavy atom. The average molecular weight is 240 g/mol. The first-order valence-corrected chi connectivity index (χ1v) is 5.21. The summed E-state index contributed by atoms with van der Waals surface area (Å²) in [4.78, 5) is 23.8. The molecule has 0 aliphatic heterocycles. The third kappa shape index (κ3) is 1.77. The molecule has 0 saturated heterocycles. The normalized spacial score (nSPS) is 10.4. The second-order valence-corrected chi connectivity index (χ2v) is 3.52. The smallest absolute Gasteiger partial charge is 0.279 e. The van der Waals surface area contributed by atoms with E-state index in [1.807, 2.05) is 0 Å². The highest BCUT2D eigenvalue weighted by atomic mass is 16.2. The predicted molar refractivity (Wildman–Crippen MR) is 63.9 cm³/mol. The number of H-pyrrole nitrogens is 1. The summed E-state index contributed by atoms with van der Waals surface area (Å²) >= 11 is 0. The zero-order chi connectivity index (χ0) is 12.4. The van der Waals surface area contributed by atoms with Gasteiger partial charge in [-0.1, -0.05) is 0 Å². The Hall–Kier alpha value is -2.83. The fraction of sp³-hybridized carbons (Fsp3) is 0. The number of anilines is 1. The molecule has 0 saturated carbocycles. The van der Waals surface area contributed by atoms with Crippen LogP contribution in [-0.2, 0) is 0 Å². The Labute approximate surface area is 101 Å². The highest BCUT2D eigenvalue weighted by molar-refractivity contribution is 6.10. The number of fused-ring (bicyclic) bond motifs is 1. The molecule has 0 aliphatic rings. The summed E-state index contributed by atoms with van der Waals surface area (Å²) in [6.07, 6.45) is 6.31. The highest BCUT2D eigenvalue weighted by Crippen LogP contribution is 2.14. The van der Waals surface area contributed by atoms with Crippen LogP contribution in [0, 0.1) is 0 Å². The maximum Gasteiger partial charge on any atom is 0.279 e. The van der Waals surface area contributed by atoms with E-state index in [2.05, 4.69) is 30.5 Å². The topological polar surface area (TPSA) is 96.5 Å². The third-order valence-electron chi connectivity index (χ3n) is 2.37. The predicted octanol–water partition coefficient (Wildman–Crippen LogP) is 1.00. The Morgan fingerprint density at radius 1 is 1.22 bits per heavy atom. The molecule has 1 amide bonds. The number of hydrogen-bond acceptors (Lipinski definition) is 5. The molecule has 18 heavy (non-hydrogen) atoms. The van der Waals surface area contributed by atoms with Crippen LogP contribution in [0.5, 0.6) is 0 Å². The standard InChI is InChI=1S/C11H8N6O/c18-10(15-11-13-3-1-4-14-11)9-7-6-12-5-2-8(7)16-17-9/h1-6H,(H,16,17)(H,13,14,15,18). The van der Waals surface area contributed by atoms with Crippen molar-refractivity contribution >= 4 is 22.8 Å². The fourth-order valence-corrected chi connectivity index (χ4v) is 1.55. The molecule has 0 aliphatic carbocycles. The quantitative estimate of drug-likeness (QED) is 0.696. The number of carbonyl (C=O) groups is 1. The van der Waals surface area contributed by atoms with E-state index in [9.17, 15) is 4.79 Å². The van der Waals surface area contributed by atoms with Crippen molar-refractivity contribution in [3.8, 4) is 0 Å². The van der Waals surface area contributed by atoms with Gasteiger partial charge in [-0.05, 0) is 12.1 Å². The molecule has 7 heteroatoms. The van der Waals surface area contributed by atoms with Crippen LogP contribution in [0.25, 0.3) is 10.9 Å². The molecule has 0 bridgehead atoms. The molecule has 0 radical (unpaired) electrons. The zero-order valence-corrected chi connectivity index (χ0v) is 9.16. The first kappa shape index (κ1) is 10.3. The lowest BCUT2D eigenvalue weighted by Gasteiger charge is -2.00. The largest absolute Gasteiger partial charge is 0.289 e. The van der Waals surface area contributed by atoms with Crippen molar-refractivity contribution in [2.45, 2.75) is 0 Å². The van der Waals surface area contributed by atoms with Crippen molar-refractivity contribution in [3.05, 3.63) is 42.6 Å². The minimum atomic E-state index is -0.375. The van der Waals surface area contributed by atoms with E-state index in [-0.39, 0.29) is 17.5 Å². The van der Waals surface area contributed by atoms with Gasteiger partial charge in [-0.2, -0.15) is 5.10 Å². The van der Waals surface area contributed by atoms with Gasteiger partial charge >= 0.3 is 0 Å². The van der Waals surface area contributed by atoms with E-state index in [1.54, 1.807) is 36.9 Å². The van der Waals surface area contributed by atoms with Crippen molar-refractivity contribution < 1.29 is 4.79 Å². The van der Waals surface area contributed by atoms with Gasteiger partial charge in [0.1, 0.15) is 0 Å². The van der Waals surface area contributed by atoms with Gasteiger partial charge in [-0.3, -0.25) is 20.2 Å². The molecule has 2 N–H and O–H groups in total. The number of amides is 1. The summed E-state index contributed by atoms with van der Waals surface area (Å²) in [5.41, 5.74) is 1.02. The van der Waals surface area contributed by atoms with E-state index >= 15 is 0 Å². The number of carbonyl (C=O) groups excluding carboxylic acids is 1. The van der Waals surface area contributed by atoms with Crippen LogP contribution in [0.15, 0.2) is 36.9 Å². The fourth-order valence-electron chi connectivity index (χ4n) is 1.55. The van der Waals surface area contributed by atoms with E-state index in [1.165, 1.54) is 0 Å². The summed E-state index contributed by atoms with van der Waals surface area (Å²) in [6, 6.07) is 3.42. The number of nitrogens with zero attached hydrogens (tertiary/aromatic N) is 4. The van der Waals surface area contributed by atoms with Crippen molar-refractivity contribution in [3.63, 3.8) is 0 Å². The maximum absolute atomic E-state index is 12.0. The highest BCUT2D eigenvalue weighted by Gasteiger charge is 2.14. The molecule has 0 spiro atoms. The van der Waals surface area contributed by atoms with Crippen LogP contribution >= 0.6 is 0 Å². The van der Waals surface area contributed by atoms with Gasteiger partial charge in [-0.25, -0.2) is 9.97 Å². The monoisotopic (exact) mass is 240 g/mol. The summed E-state index contributed by atoms with van der Waals surface area (Å²) in [5, 5.41) is 9.95. The van der Waals surface area contributed by atoms with Gasteiger partial charge in [0.2, 0.25) is 5.95 Å². The Bertz CT molecular complexity index is 693. The number of aromatic nitrogens is 5. The molecule has 3 heterocycles. The SMILES string of the molecule is O=C(Nc1ncccn1)c1n[nH]c2ccncc12. The van der Waals surface area contributed by atoms with Gasteiger partial charge in [0.25, 0.3) is 5.91 Å². The lowest BCUT2D eigenvalue weighted by Crippen LogP contribution is -2.14. The van der Waals surface area contributed by atoms with Crippen LogP contribution < -0.4 is 5.32 Å². The van der Waals surface area contributed by atoms with Crippen LogP contribution in [0.3, 0.4) is 0 Å². The van der Waals surface area contributed by atoms with Crippen LogP contribution in [0.1, 0.15) is 10.5 Å². The number of hydrogen-bond donors (Lipinski definition) is 2.